The fourth-order valence-corrected chi connectivity index (χ4v) is 7.01. The molecule has 8 heteroatoms. The number of rotatable bonds is 8. The van der Waals surface area contributed by atoms with Crippen molar-refractivity contribution in [2.24, 2.45) is 11.8 Å². The maximum Gasteiger partial charge on any atom is 0.330 e. The maximum atomic E-state index is 13.3. The van der Waals surface area contributed by atoms with Gasteiger partial charge in [0.05, 0.1) is 37.9 Å². The summed E-state index contributed by atoms with van der Waals surface area (Å²) in [5.74, 6) is -0.0171. The molecule has 4 bridgehead atoms. The van der Waals surface area contributed by atoms with E-state index in [9.17, 15) is 14.4 Å². The predicted octanol–water partition coefficient (Wildman–Crippen LogP) is 6.62. The molecule has 3 saturated heterocycles. The molecule has 4 aliphatic rings. The highest BCUT2D eigenvalue weighted by Crippen LogP contribution is 2.33. The average Bonchev–Trinajstić information content (AvgIpc) is 3.54. The van der Waals surface area contributed by atoms with Crippen molar-refractivity contribution >= 4 is 17.8 Å². The molecule has 4 heterocycles. The van der Waals surface area contributed by atoms with Gasteiger partial charge in [0.1, 0.15) is 6.10 Å². The molecule has 44 heavy (non-hydrogen) atoms. The van der Waals surface area contributed by atoms with Crippen molar-refractivity contribution in [2.75, 3.05) is 20.2 Å². The van der Waals surface area contributed by atoms with Crippen LogP contribution in [0.3, 0.4) is 0 Å². The maximum absolute atomic E-state index is 13.3. The fraction of sp³-hybridized carbons (Fsp3) is 0.750. The van der Waals surface area contributed by atoms with Gasteiger partial charge < -0.3 is 23.8 Å². The number of hydrogen-bond donors (Lipinski definition) is 0. The van der Waals surface area contributed by atoms with Crippen LogP contribution in [-0.2, 0) is 33.3 Å². The van der Waals surface area contributed by atoms with E-state index >= 15 is 0 Å². The first-order chi connectivity index (χ1) is 21.3. The van der Waals surface area contributed by atoms with Gasteiger partial charge in [0.15, 0.2) is 0 Å². The van der Waals surface area contributed by atoms with Gasteiger partial charge in [0.2, 0.25) is 5.91 Å². The van der Waals surface area contributed by atoms with Crippen LogP contribution in [-0.4, -0.2) is 73.5 Å². The SMILES string of the molecule is COC(=O)/C=C1\CC2CC(=O)OC(/C=C/CCCCCC(=O)N3CCCC3)C(C)/C=C/C(C)CC3CCCC(CC(C1)O2)O3. The Bertz CT molecular complexity index is 1030. The van der Waals surface area contributed by atoms with Crippen molar-refractivity contribution in [3.63, 3.8) is 0 Å². The standard InChI is InChI=1S/C36H55NO7/c1-26-16-17-27(2)33(14-7-5-4-6-8-15-34(38)37-18-9-10-19-37)44-36(40)25-32-22-28(23-35(39)41-3)21-31(43-32)24-30-13-11-12-29(20-26)42-30/h7,14,16-17,23,26-27,29-33H,4-6,8-13,15,18-22,24-25H2,1-3H3/b14-7+,17-16+,28-23-. The van der Waals surface area contributed by atoms with E-state index in [0.717, 1.165) is 89.3 Å². The summed E-state index contributed by atoms with van der Waals surface area (Å²) >= 11 is 0. The first-order valence-corrected chi connectivity index (χ1v) is 17.2. The zero-order valence-electron chi connectivity index (χ0n) is 27.3. The first kappa shape index (κ1) is 34.4. The van der Waals surface area contributed by atoms with E-state index < -0.39 is 0 Å². The molecule has 0 N–H and O–H groups in total. The quantitative estimate of drug-likeness (QED) is 0.131. The molecule has 0 aromatic rings. The monoisotopic (exact) mass is 613 g/mol. The summed E-state index contributed by atoms with van der Waals surface area (Å²) in [6.45, 7) is 6.15. The van der Waals surface area contributed by atoms with Crippen LogP contribution in [0, 0.1) is 11.8 Å². The van der Waals surface area contributed by atoms with Crippen molar-refractivity contribution < 1.29 is 33.3 Å². The third kappa shape index (κ3) is 11.5. The Labute approximate surface area is 264 Å². The Morgan fingerprint density at radius 3 is 2.41 bits per heavy atom. The highest BCUT2D eigenvalue weighted by atomic mass is 16.6. The smallest absolute Gasteiger partial charge is 0.330 e. The van der Waals surface area contributed by atoms with Gasteiger partial charge >= 0.3 is 11.9 Å². The minimum absolute atomic E-state index is 0.0125. The summed E-state index contributed by atoms with van der Waals surface area (Å²) in [5.41, 5.74) is 0.947. The number of carbonyl (C=O) groups is 3. The van der Waals surface area contributed by atoms with Crippen LogP contribution in [0.4, 0.5) is 0 Å². The molecule has 7 atom stereocenters. The number of cyclic esters (lactones) is 1. The summed E-state index contributed by atoms with van der Waals surface area (Å²) in [6, 6.07) is 0. The van der Waals surface area contributed by atoms with Gasteiger partial charge in [-0.2, -0.15) is 0 Å². The van der Waals surface area contributed by atoms with E-state index in [2.05, 4.69) is 32.1 Å². The summed E-state index contributed by atoms with van der Waals surface area (Å²) in [5, 5.41) is 0. The molecule has 3 fully saturated rings. The van der Waals surface area contributed by atoms with E-state index in [1.807, 2.05) is 11.0 Å². The average molecular weight is 614 g/mol. The second-order valence-corrected chi connectivity index (χ2v) is 13.4. The minimum Gasteiger partial charge on any atom is -0.466 e. The molecular weight excluding hydrogens is 558 g/mol. The van der Waals surface area contributed by atoms with Crippen LogP contribution < -0.4 is 0 Å². The molecule has 4 aliphatic heterocycles. The van der Waals surface area contributed by atoms with Crippen molar-refractivity contribution in [1.82, 2.24) is 4.90 Å². The summed E-state index contributed by atoms with van der Waals surface area (Å²) in [7, 11) is 1.38. The topological polar surface area (TPSA) is 91.4 Å². The Hall–Kier alpha value is -2.45. The largest absolute Gasteiger partial charge is 0.466 e. The number of amides is 1. The second-order valence-electron chi connectivity index (χ2n) is 13.4. The van der Waals surface area contributed by atoms with Crippen LogP contribution >= 0.6 is 0 Å². The van der Waals surface area contributed by atoms with Crippen molar-refractivity contribution in [2.45, 2.75) is 141 Å². The Morgan fingerprint density at radius 1 is 0.909 bits per heavy atom. The second kappa shape index (κ2) is 17.9. The van der Waals surface area contributed by atoms with Crippen molar-refractivity contribution in [3.8, 4) is 0 Å². The van der Waals surface area contributed by atoms with Gasteiger partial charge in [-0.1, -0.05) is 44.1 Å². The molecule has 4 rings (SSSR count). The van der Waals surface area contributed by atoms with Crippen LogP contribution in [0.25, 0.3) is 0 Å². The van der Waals surface area contributed by atoms with E-state index in [1.54, 1.807) is 6.08 Å². The zero-order valence-corrected chi connectivity index (χ0v) is 27.3. The lowest BCUT2D eigenvalue weighted by Crippen LogP contribution is -2.37. The summed E-state index contributed by atoms with van der Waals surface area (Å²) in [4.78, 5) is 39.6. The number of fused-ring (bicyclic) bond motifs is 4. The highest BCUT2D eigenvalue weighted by molar-refractivity contribution is 5.82. The highest BCUT2D eigenvalue weighted by Gasteiger charge is 2.33. The predicted molar refractivity (Wildman–Crippen MR) is 170 cm³/mol. The van der Waals surface area contributed by atoms with Gasteiger partial charge in [-0.15, -0.1) is 0 Å². The van der Waals surface area contributed by atoms with Crippen LogP contribution in [0.5, 0.6) is 0 Å². The number of unbranched alkanes of at least 4 members (excludes halogenated alkanes) is 3. The zero-order chi connectivity index (χ0) is 31.3. The minimum atomic E-state index is -0.379. The molecule has 0 aromatic carbocycles. The molecular formula is C36H55NO7. The number of esters is 2. The number of hydrogen-bond acceptors (Lipinski definition) is 7. The number of nitrogens with zero attached hydrogens (tertiary/aromatic N) is 1. The van der Waals surface area contributed by atoms with Gasteiger partial charge in [0.25, 0.3) is 0 Å². The molecule has 1 amide bonds. The molecule has 0 aromatic heterocycles. The van der Waals surface area contributed by atoms with Gasteiger partial charge in [-0.25, -0.2) is 4.79 Å². The molecule has 246 valence electrons. The number of carbonyl (C=O) groups excluding carboxylic acids is 3. The Morgan fingerprint density at radius 2 is 1.64 bits per heavy atom. The van der Waals surface area contributed by atoms with E-state index in [0.29, 0.717) is 31.1 Å². The van der Waals surface area contributed by atoms with E-state index in [-0.39, 0.29) is 54.8 Å². The van der Waals surface area contributed by atoms with Gasteiger partial charge in [-0.3, -0.25) is 9.59 Å². The normalized spacial score (nSPS) is 33.7. The lowest BCUT2D eigenvalue weighted by molar-refractivity contribution is -0.154. The Kier molecular flexibility index (Phi) is 14.0. The first-order valence-electron chi connectivity index (χ1n) is 17.2. The fourth-order valence-electron chi connectivity index (χ4n) is 7.01. The molecule has 7 unspecified atom stereocenters. The number of allylic oxidation sites excluding steroid dienone is 2. The molecule has 0 aliphatic carbocycles. The Balaban J connectivity index is 1.38. The molecule has 0 radical (unpaired) electrons. The van der Waals surface area contributed by atoms with Crippen molar-refractivity contribution in [3.05, 3.63) is 36.0 Å². The summed E-state index contributed by atoms with van der Waals surface area (Å²) in [6.07, 6.45) is 22.5. The van der Waals surface area contributed by atoms with Crippen LogP contribution in [0.1, 0.15) is 110 Å². The van der Waals surface area contributed by atoms with Gasteiger partial charge in [-0.05, 0) is 82.6 Å². The van der Waals surface area contributed by atoms with Crippen molar-refractivity contribution in [1.29, 1.82) is 0 Å². The lowest BCUT2D eigenvalue weighted by Gasteiger charge is -2.37. The van der Waals surface area contributed by atoms with E-state index in [1.165, 1.54) is 7.11 Å². The van der Waals surface area contributed by atoms with Crippen LogP contribution in [0.2, 0.25) is 0 Å². The van der Waals surface area contributed by atoms with Gasteiger partial charge in [0, 0.05) is 37.9 Å². The number of methoxy groups -OCH3 is 1. The molecule has 0 saturated carbocycles. The van der Waals surface area contributed by atoms with Crippen LogP contribution in [0.15, 0.2) is 36.0 Å². The third-order valence-corrected chi connectivity index (χ3v) is 9.45. The summed E-state index contributed by atoms with van der Waals surface area (Å²) < 4.78 is 23.9. The lowest BCUT2D eigenvalue weighted by atomic mass is 9.89. The number of likely N-dealkylation sites (tertiary alicyclic amines) is 1. The molecule has 0 spiro atoms. The molecule has 8 nitrogen and oxygen atoms in total. The number of ether oxygens (including phenoxy) is 4. The van der Waals surface area contributed by atoms with E-state index in [4.69, 9.17) is 18.9 Å². The third-order valence-electron chi connectivity index (χ3n) is 9.45.